The minimum absolute atomic E-state index is 0.0135. The standard InChI is InChI=1S/C21H20BrF2N7O2S/c1-8-16(22)10(3)31(29-8)7-14(32)28-17-15-11(12-6-26-30(4)9(12)2)5-13(19(23)24)27-21(15)34-18(17)20(25)33/h5-6,19H,7H2,1-4H3,(H2,25,33)(H,28,32). The number of hydrogen-bond donors (Lipinski definition) is 2. The molecule has 3 N–H and O–H groups in total. The van der Waals surface area contributed by atoms with Crippen molar-refractivity contribution in [1.29, 1.82) is 0 Å². The maximum Gasteiger partial charge on any atom is 0.280 e. The van der Waals surface area contributed by atoms with Crippen LogP contribution in [0.15, 0.2) is 16.7 Å². The fourth-order valence-electron chi connectivity index (χ4n) is 3.64. The minimum Gasteiger partial charge on any atom is -0.365 e. The molecule has 0 saturated heterocycles. The number of pyridine rings is 1. The van der Waals surface area contributed by atoms with Crippen molar-refractivity contribution in [3.8, 4) is 11.1 Å². The van der Waals surface area contributed by atoms with Crippen molar-refractivity contribution in [1.82, 2.24) is 24.5 Å². The van der Waals surface area contributed by atoms with Crippen LogP contribution in [0.4, 0.5) is 14.5 Å². The number of primary amides is 1. The van der Waals surface area contributed by atoms with Gasteiger partial charge in [-0.15, -0.1) is 11.3 Å². The number of amides is 2. The maximum atomic E-state index is 13.6. The number of aromatic nitrogens is 5. The highest BCUT2D eigenvalue weighted by atomic mass is 79.9. The predicted octanol–water partition coefficient (Wildman–Crippen LogP) is 4.26. The first-order valence-corrected chi connectivity index (χ1v) is 11.6. The number of carbonyl (C=O) groups is 2. The highest BCUT2D eigenvalue weighted by molar-refractivity contribution is 9.10. The van der Waals surface area contributed by atoms with Crippen LogP contribution in [-0.2, 0) is 18.4 Å². The summed E-state index contributed by atoms with van der Waals surface area (Å²) in [6.45, 7) is 5.28. The highest BCUT2D eigenvalue weighted by Gasteiger charge is 2.26. The van der Waals surface area contributed by atoms with E-state index in [4.69, 9.17) is 5.73 Å². The second kappa shape index (κ2) is 8.87. The van der Waals surface area contributed by atoms with Crippen molar-refractivity contribution >= 4 is 55.0 Å². The van der Waals surface area contributed by atoms with Crippen LogP contribution in [0.5, 0.6) is 0 Å². The number of halogens is 3. The first kappa shape index (κ1) is 24.0. The molecule has 4 rings (SSSR count). The first-order valence-electron chi connectivity index (χ1n) is 10.0. The molecule has 0 aliphatic heterocycles. The number of fused-ring (bicyclic) bond motifs is 1. The maximum absolute atomic E-state index is 13.6. The molecule has 0 saturated carbocycles. The second-order valence-electron chi connectivity index (χ2n) is 7.70. The molecular weight excluding hydrogens is 532 g/mol. The van der Waals surface area contributed by atoms with Gasteiger partial charge in [-0.3, -0.25) is 19.0 Å². The molecule has 0 fully saturated rings. The molecule has 34 heavy (non-hydrogen) atoms. The van der Waals surface area contributed by atoms with Crippen LogP contribution in [0.1, 0.15) is 38.9 Å². The van der Waals surface area contributed by atoms with Crippen molar-refractivity contribution in [3.05, 3.63) is 44.4 Å². The van der Waals surface area contributed by atoms with Crippen molar-refractivity contribution in [2.45, 2.75) is 33.7 Å². The Hall–Kier alpha value is -3.19. The van der Waals surface area contributed by atoms with Crippen molar-refractivity contribution < 1.29 is 18.4 Å². The number of nitrogens with one attached hydrogen (secondary N) is 1. The van der Waals surface area contributed by atoms with E-state index in [0.717, 1.165) is 27.2 Å². The van der Waals surface area contributed by atoms with E-state index in [0.29, 0.717) is 22.2 Å². The molecule has 0 bridgehead atoms. The van der Waals surface area contributed by atoms with Gasteiger partial charge in [0.1, 0.15) is 21.9 Å². The van der Waals surface area contributed by atoms with E-state index in [1.807, 2.05) is 6.92 Å². The molecule has 0 spiro atoms. The lowest BCUT2D eigenvalue weighted by atomic mass is 10.0. The molecule has 178 valence electrons. The summed E-state index contributed by atoms with van der Waals surface area (Å²) >= 11 is 4.28. The Morgan fingerprint density at radius 2 is 1.94 bits per heavy atom. The lowest BCUT2D eigenvalue weighted by Crippen LogP contribution is -2.22. The molecule has 4 aromatic rings. The van der Waals surface area contributed by atoms with E-state index < -0.39 is 23.9 Å². The van der Waals surface area contributed by atoms with Crippen LogP contribution in [-0.4, -0.2) is 36.4 Å². The third-order valence-corrected chi connectivity index (χ3v) is 7.75. The van der Waals surface area contributed by atoms with Crippen molar-refractivity contribution in [3.63, 3.8) is 0 Å². The number of anilines is 1. The zero-order valence-corrected chi connectivity index (χ0v) is 21.0. The average molecular weight is 552 g/mol. The zero-order valence-electron chi connectivity index (χ0n) is 18.6. The Balaban J connectivity index is 1.88. The summed E-state index contributed by atoms with van der Waals surface area (Å²) in [5, 5.41) is 11.6. The highest BCUT2D eigenvalue weighted by Crippen LogP contribution is 2.43. The van der Waals surface area contributed by atoms with E-state index in [1.54, 1.807) is 31.8 Å². The Labute approximate surface area is 205 Å². The number of aryl methyl sites for hydroxylation is 2. The van der Waals surface area contributed by atoms with Gasteiger partial charge < -0.3 is 11.1 Å². The van der Waals surface area contributed by atoms with Gasteiger partial charge in [-0.25, -0.2) is 13.8 Å². The predicted molar refractivity (Wildman–Crippen MR) is 128 cm³/mol. The Bertz CT molecular complexity index is 1460. The van der Waals surface area contributed by atoms with Gasteiger partial charge in [0.25, 0.3) is 12.3 Å². The topological polar surface area (TPSA) is 121 Å². The van der Waals surface area contributed by atoms with Gasteiger partial charge in [0.2, 0.25) is 5.91 Å². The molecule has 0 atom stereocenters. The molecule has 4 heterocycles. The van der Waals surface area contributed by atoms with E-state index in [-0.39, 0.29) is 21.9 Å². The van der Waals surface area contributed by atoms with Gasteiger partial charge in [-0.2, -0.15) is 10.2 Å². The Kier molecular flexibility index (Phi) is 6.25. The molecule has 2 amide bonds. The Morgan fingerprint density at radius 1 is 1.24 bits per heavy atom. The van der Waals surface area contributed by atoms with E-state index in [9.17, 15) is 18.4 Å². The molecule has 0 unspecified atom stereocenters. The minimum atomic E-state index is -2.83. The summed E-state index contributed by atoms with van der Waals surface area (Å²) in [5.41, 5.74) is 8.40. The SMILES string of the molecule is Cc1nn(CC(=O)Nc2c(C(N)=O)sc3nc(C(F)F)cc(-c4cnn(C)c4C)c23)c(C)c1Br. The monoisotopic (exact) mass is 551 g/mol. The summed E-state index contributed by atoms with van der Waals surface area (Å²) in [7, 11) is 1.73. The summed E-state index contributed by atoms with van der Waals surface area (Å²) in [5.74, 6) is -1.27. The summed E-state index contributed by atoms with van der Waals surface area (Å²) < 4.78 is 31.2. The number of nitrogens with two attached hydrogens (primary N) is 1. The molecular formula is C21H20BrF2N7O2S. The van der Waals surface area contributed by atoms with Crippen LogP contribution in [0, 0.1) is 20.8 Å². The third kappa shape index (κ3) is 4.09. The van der Waals surface area contributed by atoms with Gasteiger partial charge >= 0.3 is 0 Å². The number of thiophene rings is 1. The smallest absolute Gasteiger partial charge is 0.280 e. The van der Waals surface area contributed by atoms with Crippen LogP contribution in [0.2, 0.25) is 0 Å². The molecule has 0 aromatic carbocycles. The zero-order chi connectivity index (χ0) is 24.9. The summed E-state index contributed by atoms with van der Waals surface area (Å²) in [6, 6.07) is 1.25. The lowest BCUT2D eigenvalue weighted by molar-refractivity contribution is -0.116. The number of nitrogens with zero attached hydrogens (tertiary/aromatic N) is 5. The van der Waals surface area contributed by atoms with Crippen LogP contribution in [0.3, 0.4) is 0 Å². The van der Waals surface area contributed by atoms with Gasteiger partial charge in [-0.1, -0.05) is 0 Å². The number of hydrogen-bond acceptors (Lipinski definition) is 6. The van der Waals surface area contributed by atoms with Gasteiger partial charge in [0, 0.05) is 23.7 Å². The van der Waals surface area contributed by atoms with Gasteiger partial charge in [0.15, 0.2) is 0 Å². The summed E-state index contributed by atoms with van der Waals surface area (Å²) in [4.78, 5) is 29.4. The summed E-state index contributed by atoms with van der Waals surface area (Å²) in [6.07, 6.45) is -1.29. The molecule has 0 radical (unpaired) electrons. The average Bonchev–Trinajstić information content (AvgIpc) is 3.38. The molecule has 13 heteroatoms. The van der Waals surface area contributed by atoms with Crippen LogP contribution < -0.4 is 11.1 Å². The van der Waals surface area contributed by atoms with Crippen molar-refractivity contribution in [2.24, 2.45) is 12.8 Å². The number of carbonyl (C=O) groups excluding carboxylic acids is 2. The third-order valence-electron chi connectivity index (χ3n) is 5.51. The van der Waals surface area contributed by atoms with Crippen molar-refractivity contribution in [2.75, 3.05) is 5.32 Å². The van der Waals surface area contributed by atoms with E-state index in [1.165, 1.54) is 10.7 Å². The van der Waals surface area contributed by atoms with Crippen LogP contribution in [0.25, 0.3) is 21.3 Å². The van der Waals surface area contributed by atoms with Crippen LogP contribution >= 0.6 is 27.3 Å². The number of rotatable bonds is 6. The normalized spacial score (nSPS) is 11.5. The lowest BCUT2D eigenvalue weighted by Gasteiger charge is -2.11. The molecule has 4 aromatic heterocycles. The molecule has 0 aliphatic rings. The number of alkyl halides is 2. The van der Waals surface area contributed by atoms with E-state index in [2.05, 4.69) is 36.4 Å². The van der Waals surface area contributed by atoms with E-state index >= 15 is 0 Å². The second-order valence-corrected chi connectivity index (χ2v) is 9.50. The largest absolute Gasteiger partial charge is 0.365 e. The fourth-order valence-corrected chi connectivity index (χ4v) is 4.94. The first-order chi connectivity index (χ1) is 16.0. The Morgan fingerprint density at radius 3 is 2.47 bits per heavy atom. The van der Waals surface area contributed by atoms with Gasteiger partial charge in [0.05, 0.1) is 27.7 Å². The fraction of sp³-hybridized carbons (Fsp3) is 0.286. The molecule has 9 nitrogen and oxygen atoms in total. The van der Waals surface area contributed by atoms with Gasteiger partial charge in [-0.05, 0) is 48.3 Å². The molecule has 0 aliphatic carbocycles. The quantitative estimate of drug-likeness (QED) is 0.371.